The zero-order valence-corrected chi connectivity index (χ0v) is 33.7. The lowest BCUT2D eigenvalue weighted by atomic mass is 10.0. The molecule has 4 aromatic heterocycles. The molecule has 6 heteroatoms. The van der Waals surface area contributed by atoms with Crippen molar-refractivity contribution in [1.82, 2.24) is 19.5 Å². The lowest BCUT2D eigenvalue weighted by Gasteiger charge is -2.09. The van der Waals surface area contributed by atoms with Gasteiger partial charge in [-0.1, -0.05) is 133 Å². The fraction of sp³-hybridized carbons (Fsp3) is 0. The first-order valence-corrected chi connectivity index (χ1v) is 21.1. The summed E-state index contributed by atoms with van der Waals surface area (Å²) >= 11 is 0. The summed E-state index contributed by atoms with van der Waals surface area (Å²) in [5.74, 6) is 1.69. The van der Waals surface area contributed by atoms with Crippen LogP contribution in [0.2, 0.25) is 0 Å². The van der Waals surface area contributed by atoms with Crippen LogP contribution in [-0.4, -0.2) is 19.5 Å². The zero-order valence-electron chi connectivity index (χ0n) is 33.7. The van der Waals surface area contributed by atoms with E-state index in [0.717, 1.165) is 88.5 Å². The van der Waals surface area contributed by atoms with Gasteiger partial charge in [0.05, 0.1) is 11.0 Å². The van der Waals surface area contributed by atoms with E-state index in [2.05, 4.69) is 174 Å². The summed E-state index contributed by atoms with van der Waals surface area (Å²) in [7, 11) is 0. The van der Waals surface area contributed by atoms with Gasteiger partial charge in [0.25, 0.3) is 0 Å². The van der Waals surface area contributed by atoms with Gasteiger partial charge in [0.1, 0.15) is 22.3 Å². The van der Waals surface area contributed by atoms with Crippen LogP contribution >= 0.6 is 0 Å². The van der Waals surface area contributed by atoms with E-state index in [4.69, 9.17) is 23.8 Å². The Morgan fingerprint density at radius 1 is 0.270 bits per heavy atom. The van der Waals surface area contributed by atoms with Gasteiger partial charge >= 0.3 is 0 Å². The molecule has 0 aliphatic carbocycles. The van der Waals surface area contributed by atoms with Crippen LogP contribution in [0.1, 0.15) is 0 Å². The van der Waals surface area contributed by atoms with Crippen LogP contribution in [0.15, 0.2) is 215 Å². The molecule has 6 nitrogen and oxygen atoms in total. The van der Waals surface area contributed by atoms with Crippen LogP contribution in [0.25, 0.3) is 128 Å². The molecule has 0 radical (unpaired) electrons. The van der Waals surface area contributed by atoms with E-state index in [0.29, 0.717) is 17.5 Å². The molecule has 0 saturated heterocycles. The second-order valence-corrected chi connectivity index (χ2v) is 16.0. The summed E-state index contributed by atoms with van der Waals surface area (Å²) in [4.78, 5) is 15.3. The first kappa shape index (κ1) is 35.2. The Balaban J connectivity index is 0.908. The number of nitrogens with zero attached hydrogens (tertiary/aromatic N) is 4. The Hall–Kier alpha value is -8.61. The third-order valence-corrected chi connectivity index (χ3v) is 12.3. The number of hydrogen-bond acceptors (Lipinski definition) is 5. The van der Waals surface area contributed by atoms with Crippen LogP contribution in [0.4, 0.5) is 0 Å². The van der Waals surface area contributed by atoms with Gasteiger partial charge in [0, 0.05) is 54.7 Å². The van der Waals surface area contributed by atoms with Crippen LogP contribution in [0, 0.1) is 0 Å². The highest BCUT2D eigenvalue weighted by Crippen LogP contribution is 2.39. The molecule has 0 saturated carbocycles. The Kier molecular flexibility index (Phi) is 7.80. The minimum Gasteiger partial charge on any atom is -0.456 e. The van der Waals surface area contributed by atoms with Crippen molar-refractivity contribution in [3.05, 3.63) is 206 Å². The van der Waals surface area contributed by atoms with Crippen molar-refractivity contribution in [1.29, 1.82) is 0 Å². The van der Waals surface area contributed by atoms with Gasteiger partial charge in [0.2, 0.25) is 0 Å². The molecule has 294 valence electrons. The van der Waals surface area contributed by atoms with Crippen molar-refractivity contribution >= 4 is 65.7 Å². The maximum absolute atomic E-state index is 6.67. The molecule has 0 fully saturated rings. The van der Waals surface area contributed by atoms with Crippen LogP contribution < -0.4 is 0 Å². The number of hydrogen-bond donors (Lipinski definition) is 0. The van der Waals surface area contributed by atoms with Crippen molar-refractivity contribution in [3.63, 3.8) is 0 Å². The molecule has 9 aromatic carbocycles. The van der Waals surface area contributed by atoms with Crippen molar-refractivity contribution in [2.75, 3.05) is 0 Å². The fourth-order valence-electron chi connectivity index (χ4n) is 9.17. The fourth-order valence-corrected chi connectivity index (χ4v) is 9.17. The number of fused-ring (bicyclic) bond motifs is 9. The summed E-state index contributed by atoms with van der Waals surface area (Å²) in [5, 5.41) is 6.64. The van der Waals surface area contributed by atoms with E-state index < -0.39 is 0 Å². The van der Waals surface area contributed by atoms with Gasteiger partial charge in [0.15, 0.2) is 17.5 Å². The molecular formula is C57H34N4O2. The Bertz CT molecular complexity index is 3900. The lowest BCUT2D eigenvalue weighted by Crippen LogP contribution is -2.00. The molecule has 0 N–H and O–H groups in total. The van der Waals surface area contributed by atoms with E-state index in [1.54, 1.807) is 0 Å². The topological polar surface area (TPSA) is 69.9 Å². The second-order valence-electron chi connectivity index (χ2n) is 16.0. The Morgan fingerprint density at radius 3 is 1.38 bits per heavy atom. The van der Waals surface area contributed by atoms with E-state index in [-0.39, 0.29) is 0 Å². The largest absolute Gasteiger partial charge is 0.456 e. The van der Waals surface area contributed by atoms with Crippen molar-refractivity contribution in [3.8, 4) is 62.1 Å². The number of aromatic nitrogens is 4. The quantitative estimate of drug-likeness (QED) is 0.167. The highest BCUT2D eigenvalue weighted by molar-refractivity contribution is 6.11. The van der Waals surface area contributed by atoms with Gasteiger partial charge in [-0.15, -0.1) is 0 Å². The first-order chi connectivity index (χ1) is 31.2. The summed E-state index contributed by atoms with van der Waals surface area (Å²) in [6.45, 7) is 0. The molecule has 0 spiro atoms. The standard InChI is InChI=1S/C57H34N4O2/c1-3-11-35(12-4-1)36-19-21-37(22-20-36)55-58-56(40-24-28-45-44-16-8-10-18-51(44)62-53(45)33-40)60-57(59-55)41-25-29-47-46-27-23-39(32-52(46)63-54(47)34-41)38-26-30-50-48(31-38)43-15-7-9-17-49(43)61(50)42-13-5-2-6-14-42/h1-34H. The molecule has 0 aliphatic rings. The van der Waals surface area contributed by atoms with E-state index >= 15 is 0 Å². The number of furan rings is 2. The molecule has 13 aromatic rings. The Labute approximate surface area is 361 Å². The lowest BCUT2D eigenvalue weighted by molar-refractivity contribution is 0.669. The minimum atomic E-state index is 0.554. The monoisotopic (exact) mass is 806 g/mol. The SMILES string of the molecule is c1ccc(-c2ccc(-c3nc(-c4ccc5c(c4)oc4ccccc45)nc(-c4ccc5c(c4)oc4cc(-c6ccc7c(c6)c6ccccc6n7-c6ccccc6)ccc45)n3)cc2)cc1. The smallest absolute Gasteiger partial charge is 0.164 e. The first-order valence-electron chi connectivity index (χ1n) is 21.1. The summed E-state index contributed by atoms with van der Waals surface area (Å²) in [6, 6.07) is 71.7. The minimum absolute atomic E-state index is 0.554. The number of rotatable bonds is 6. The molecule has 4 heterocycles. The Morgan fingerprint density at radius 2 is 0.698 bits per heavy atom. The molecule has 0 amide bonds. The highest BCUT2D eigenvalue weighted by Gasteiger charge is 2.18. The predicted molar refractivity (Wildman–Crippen MR) is 256 cm³/mol. The summed E-state index contributed by atoms with van der Waals surface area (Å²) in [6.07, 6.45) is 0. The molecule has 13 rings (SSSR count). The van der Waals surface area contributed by atoms with Gasteiger partial charge in [-0.3, -0.25) is 0 Å². The van der Waals surface area contributed by atoms with Crippen LogP contribution in [-0.2, 0) is 0 Å². The second kappa shape index (κ2) is 14.0. The maximum Gasteiger partial charge on any atom is 0.164 e. The van der Waals surface area contributed by atoms with E-state index in [1.807, 2.05) is 36.4 Å². The third kappa shape index (κ3) is 5.84. The van der Waals surface area contributed by atoms with Crippen LogP contribution in [0.5, 0.6) is 0 Å². The summed E-state index contributed by atoms with van der Waals surface area (Å²) < 4.78 is 15.3. The maximum atomic E-state index is 6.67. The van der Waals surface area contributed by atoms with Crippen LogP contribution in [0.3, 0.4) is 0 Å². The van der Waals surface area contributed by atoms with E-state index in [1.165, 1.54) is 21.8 Å². The molecule has 0 atom stereocenters. The van der Waals surface area contributed by atoms with Crippen molar-refractivity contribution < 1.29 is 8.83 Å². The van der Waals surface area contributed by atoms with Crippen molar-refractivity contribution in [2.45, 2.75) is 0 Å². The zero-order chi connectivity index (χ0) is 41.4. The average Bonchev–Trinajstić information content (AvgIpc) is 4.03. The normalized spacial score (nSPS) is 11.8. The molecule has 0 aliphatic heterocycles. The van der Waals surface area contributed by atoms with Gasteiger partial charge < -0.3 is 13.4 Å². The molecule has 0 unspecified atom stereocenters. The average molecular weight is 807 g/mol. The van der Waals surface area contributed by atoms with E-state index in [9.17, 15) is 0 Å². The number of para-hydroxylation sites is 3. The van der Waals surface area contributed by atoms with Crippen molar-refractivity contribution in [2.24, 2.45) is 0 Å². The molecule has 0 bridgehead atoms. The van der Waals surface area contributed by atoms with Gasteiger partial charge in [-0.05, 0) is 95.1 Å². The summed E-state index contributed by atoms with van der Waals surface area (Å²) in [5.41, 5.74) is 13.8. The van der Waals surface area contributed by atoms with Gasteiger partial charge in [-0.2, -0.15) is 0 Å². The predicted octanol–water partition coefficient (Wildman–Crippen LogP) is 15.1. The molecule has 63 heavy (non-hydrogen) atoms. The highest BCUT2D eigenvalue weighted by atomic mass is 16.3. The van der Waals surface area contributed by atoms with Gasteiger partial charge in [-0.25, -0.2) is 15.0 Å². The number of benzene rings is 9. The third-order valence-electron chi connectivity index (χ3n) is 12.3. The molecular weight excluding hydrogens is 773 g/mol.